The summed E-state index contributed by atoms with van der Waals surface area (Å²) in [5, 5.41) is 36.0. The van der Waals surface area contributed by atoms with Gasteiger partial charge in [0.15, 0.2) is 0 Å². The van der Waals surface area contributed by atoms with E-state index >= 15 is 0 Å². The van der Waals surface area contributed by atoms with Crippen molar-refractivity contribution in [3.63, 3.8) is 0 Å². The van der Waals surface area contributed by atoms with Crippen LogP contribution >= 0.6 is 0 Å². The van der Waals surface area contributed by atoms with Crippen LogP contribution in [0.5, 0.6) is 11.5 Å². The smallest absolute Gasteiger partial charge is 0.339 e. The fourth-order valence-electron chi connectivity index (χ4n) is 1.28. The Morgan fingerprint density at radius 3 is 2.24 bits per heavy atom. The van der Waals surface area contributed by atoms with Crippen LogP contribution in [0, 0.1) is 0 Å². The number of aromatic hydroxyl groups is 2. The van der Waals surface area contributed by atoms with E-state index in [0.29, 0.717) is 0 Å². The Bertz CT molecular complexity index is 470. The molecule has 0 fully saturated rings. The van der Waals surface area contributed by atoms with E-state index in [2.05, 4.69) is 0 Å². The van der Waals surface area contributed by atoms with Crippen molar-refractivity contribution < 1.29 is 30.0 Å². The van der Waals surface area contributed by atoms with Gasteiger partial charge in [-0.3, -0.25) is 4.79 Å². The van der Waals surface area contributed by atoms with Gasteiger partial charge in [-0.1, -0.05) is 0 Å². The number of carboxylic acid groups (broad SMARTS) is 2. The van der Waals surface area contributed by atoms with Crippen molar-refractivity contribution in [2.45, 2.75) is 12.5 Å². The number of carbonyl (C=O) groups is 2. The molecule has 0 bridgehead atoms. The SMILES string of the molecule is NC(Cc1cc(C(=O)O)c(O)cc1O)C(=O)O. The lowest BCUT2D eigenvalue weighted by Gasteiger charge is -2.10. The second-order valence-electron chi connectivity index (χ2n) is 3.45. The van der Waals surface area contributed by atoms with Crippen molar-refractivity contribution in [3.05, 3.63) is 23.3 Å². The van der Waals surface area contributed by atoms with Crippen molar-refractivity contribution in [1.82, 2.24) is 0 Å². The van der Waals surface area contributed by atoms with Crippen LogP contribution in [-0.2, 0) is 11.2 Å². The zero-order valence-electron chi connectivity index (χ0n) is 8.62. The zero-order valence-corrected chi connectivity index (χ0v) is 8.62. The van der Waals surface area contributed by atoms with E-state index in [1.807, 2.05) is 0 Å². The molecule has 7 nitrogen and oxygen atoms in total. The molecule has 0 saturated heterocycles. The number of hydrogen-bond donors (Lipinski definition) is 5. The summed E-state index contributed by atoms with van der Waals surface area (Å²) in [6, 6.07) is 0.579. The largest absolute Gasteiger partial charge is 0.508 e. The summed E-state index contributed by atoms with van der Waals surface area (Å²) in [7, 11) is 0. The Kier molecular flexibility index (Phi) is 3.54. The van der Waals surface area contributed by atoms with E-state index in [0.717, 1.165) is 12.1 Å². The third-order valence-electron chi connectivity index (χ3n) is 2.18. The third kappa shape index (κ3) is 2.85. The first-order valence-electron chi connectivity index (χ1n) is 4.59. The summed E-state index contributed by atoms with van der Waals surface area (Å²) in [4.78, 5) is 21.2. The molecule has 0 amide bonds. The van der Waals surface area contributed by atoms with E-state index < -0.39 is 35.0 Å². The third-order valence-corrected chi connectivity index (χ3v) is 2.18. The number of aliphatic carboxylic acids is 1. The number of phenolic OH excluding ortho intramolecular Hbond substituents is 1. The zero-order chi connectivity index (χ0) is 13.2. The molecular formula is C10H11NO6. The van der Waals surface area contributed by atoms with Crippen molar-refractivity contribution in [2.75, 3.05) is 0 Å². The molecule has 0 radical (unpaired) electrons. The summed E-state index contributed by atoms with van der Waals surface area (Å²) in [6.45, 7) is 0. The topological polar surface area (TPSA) is 141 Å². The standard InChI is InChI=1S/C10H11NO6/c11-6(10(16)17)2-4-1-5(9(14)15)8(13)3-7(4)12/h1,3,6,12-13H,2,11H2,(H,14,15)(H,16,17). The van der Waals surface area contributed by atoms with Crippen LogP contribution in [0.15, 0.2) is 12.1 Å². The Morgan fingerprint density at radius 2 is 1.76 bits per heavy atom. The lowest BCUT2D eigenvalue weighted by molar-refractivity contribution is -0.138. The van der Waals surface area contributed by atoms with Crippen LogP contribution in [0.3, 0.4) is 0 Å². The minimum Gasteiger partial charge on any atom is -0.508 e. The summed E-state index contributed by atoms with van der Waals surface area (Å²) in [6.07, 6.45) is -0.234. The van der Waals surface area contributed by atoms with Crippen LogP contribution in [0.1, 0.15) is 15.9 Å². The average molecular weight is 241 g/mol. The molecule has 0 aliphatic rings. The van der Waals surface area contributed by atoms with Crippen molar-refractivity contribution in [2.24, 2.45) is 5.73 Å². The fourth-order valence-corrected chi connectivity index (χ4v) is 1.28. The predicted molar refractivity (Wildman–Crippen MR) is 56.0 cm³/mol. The molecule has 1 aromatic carbocycles. The highest BCUT2D eigenvalue weighted by atomic mass is 16.4. The number of carboxylic acids is 2. The number of rotatable bonds is 4. The normalized spacial score (nSPS) is 12.1. The maximum atomic E-state index is 10.7. The Balaban J connectivity index is 3.12. The first-order chi connectivity index (χ1) is 7.82. The molecule has 0 aliphatic heterocycles. The first-order valence-corrected chi connectivity index (χ1v) is 4.59. The van der Waals surface area contributed by atoms with E-state index in [-0.39, 0.29) is 12.0 Å². The van der Waals surface area contributed by atoms with Gasteiger partial charge in [0, 0.05) is 12.5 Å². The lowest BCUT2D eigenvalue weighted by Crippen LogP contribution is -2.32. The van der Waals surface area contributed by atoms with E-state index in [4.69, 9.17) is 15.9 Å². The minimum atomic E-state index is -1.38. The number of phenols is 2. The summed E-state index contributed by atoms with van der Waals surface area (Å²) in [5.41, 5.74) is 4.89. The van der Waals surface area contributed by atoms with Gasteiger partial charge in [-0.25, -0.2) is 4.79 Å². The monoisotopic (exact) mass is 241 g/mol. The summed E-state index contributed by atoms with van der Waals surface area (Å²) < 4.78 is 0. The molecule has 92 valence electrons. The first kappa shape index (κ1) is 12.8. The van der Waals surface area contributed by atoms with Crippen LogP contribution in [-0.4, -0.2) is 38.4 Å². The molecule has 1 unspecified atom stereocenters. The van der Waals surface area contributed by atoms with Crippen LogP contribution in [0.25, 0.3) is 0 Å². The summed E-state index contributed by atoms with van der Waals surface area (Å²) in [5.74, 6) is -3.64. The number of hydrogen-bond acceptors (Lipinski definition) is 5. The molecule has 0 aromatic heterocycles. The molecule has 1 rings (SSSR count). The summed E-state index contributed by atoms with van der Waals surface area (Å²) >= 11 is 0. The highest BCUT2D eigenvalue weighted by molar-refractivity contribution is 5.91. The molecule has 1 atom stereocenters. The van der Waals surface area contributed by atoms with Gasteiger partial charge in [-0.2, -0.15) is 0 Å². The van der Waals surface area contributed by atoms with E-state index in [1.54, 1.807) is 0 Å². The van der Waals surface area contributed by atoms with Crippen molar-refractivity contribution >= 4 is 11.9 Å². The number of benzene rings is 1. The van der Waals surface area contributed by atoms with Crippen LogP contribution < -0.4 is 5.73 Å². The second kappa shape index (κ2) is 4.71. The van der Waals surface area contributed by atoms with Crippen molar-refractivity contribution in [3.8, 4) is 11.5 Å². The minimum absolute atomic E-state index is 0.0510. The maximum Gasteiger partial charge on any atom is 0.339 e. The van der Waals surface area contributed by atoms with Crippen molar-refractivity contribution in [1.29, 1.82) is 0 Å². The quantitative estimate of drug-likeness (QED) is 0.489. The maximum absolute atomic E-state index is 10.7. The molecule has 1 aromatic rings. The molecule has 0 aliphatic carbocycles. The van der Waals surface area contributed by atoms with Gasteiger partial charge in [0.05, 0.1) is 0 Å². The van der Waals surface area contributed by atoms with Gasteiger partial charge in [-0.05, 0) is 11.6 Å². The molecule has 0 heterocycles. The Morgan fingerprint density at radius 1 is 1.18 bits per heavy atom. The van der Waals surface area contributed by atoms with Gasteiger partial charge in [0.2, 0.25) is 0 Å². The van der Waals surface area contributed by atoms with Crippen LogP contribution in [0.2, 0.25) is 0 Å². The molecule has 17 heavy (non-hydrogen) atoms. The van der Waals surface area contributed by atoms with Gasteiger partial charge < -0.3 is 26.2 Å². The van der Waals surface area contributed by atoms with Gasteiger partial charge in [0.1, 0.15) is 23.1 Å². The molecule has 0 spiro atoms. The average Bonchev–Trinajstić information content (AvgIpc) is 2.21. The number of aromatic carboxylic acids is 1. The molecule has 7 heteroatoms. The predicted octanol–water partition coefficient (Wildman–Crippen LogP) is -0.250. The highest BCUT2D eigenvalue weighted by Gasteiger charge is 2.18. The van der Waals surface area contributed by atoms with Gasteiger partial charge in [-0.15, -0.1) is 0 Å². The second-order valence-corrected chi connectivity index (χ2v) is 3.45. The lowest BCUT2D eigenvalue weighted by atomic mass is 10.0. The van der Waals surface area contributed by atoms with E-state index in [9.17, 15) is 19.8 Å². The number of nitrogens with two attached hydrogens (primary N) is 1. The molecule has 0 saturated carbocycles. The van der Waals surface area contributed by atoms with Crippen LogP contribution in [0.4, 0.5) is 0 Å². The molecular weight excluding hydrogens is 230 g/mol. The van der Waals surface area contributed by atoms with Gasteiger partial charge >= 0.3 is 11.9 Å². The fraction of sp³-hybridized carbons (Fsp3) is 0.200. The van der Waals surface area contributed by atoms with E-state index in [1.165, 1.54) is 0 Å². The van der Waals surface area contributed by atoms with Gasteiger partial charge in [0.25, 0.3) is 0 Å². The Hall–Kier alpha value is -2.28. The molecule has 6 N–H and O–H groups in total. The Labute approximate surface area is 95.7 Å². The highest BCUT2D eigenvalue weighted by Crippen LogP contribution is 2.28.